The van der Waals surface area contributed by atoms with Gasteiger partial charge in [-0.15, -0.1) is 0 Å². The maximum Gasteiger partial charge on any atom is 0.337 e. The number of carboxylic acid groups (broad SMARTS) is 1. The summed E-state index contributed by atoms with van der Waals surface area (Å²) in [5.41, 5.74) is 0.881. The van der Waals surface area contributed by atoms with E-state index in [0.717, 1.165) is 25.9 Å². The molecule has 32 heavy (non-hydrogen) atoms. The van der Waals surface area contributed by atoms with Crippen molar-refractivity contribution in [3.05, 3.63) is 62.7 Å². The average molecular weight is 477 g/mol. The highest BCUT2D eigenvalue weighted by atomic mass is 35.5. The number of hydrogen-bond acceptors (Lipinski definition) is 6. The normalized spacial score (nSPS) is 14.0. The van der Waals surface area contributed by atoms with Crippen LogP contribution in [-0.2, 0) is 0 Å². The third-order valence-corrected chi connectivity index (χ3v) is 5.76. The van der Waals surface area contributed by atoms with Gasteiger partial charge in [0.2, 0.25) is 0 Å². The number of nitro benzene ring substituents is 1. The van der Waals surface area contributed by atoms with Crippen molar-refractivity contribution >= 4 is 57.9 Å². The fraction of sp³-hybridized carbons (Fsp3) is 0.286. The van der Waals surface area contributed by atoms with Gasteiger partial charge in [0, 0.05) is 30.9 Å². The predicted molar refractivity (Wildman–Crippen MR) is 126 cm³/mol. The molecule has 0 bridgehead atoms. The zero-order valence-corrected chi connectivity index (χ0v) is 18.7. The number of rotatable bonds is 5. The molecule has 0 spiro atoms. The Morgan fingerprint density at radius 1 is 1.19 bits per heavy atom. The van der Waals surface area contributed by atoms with Gasteiger partial charge in [0.15, 0.2) is 5.11 Å². The van der Waals surface area contributed by atoms with E-state index in [9.17, 15) is 19.7 Å². The smallest absolute Gasteiger partial charge is 0.337 e. The molecule has 0 unspecified atom stereocenters. The van der Waals surface area contributed by atoms with Gasteiger partial charge < -0.3 is 15.3 Å². The van der Waals surface area contributed by atoms with Crippen LogP contribution in [0.5, 0.6) is 0 Å². The lowest BCUT2D eigenvalue weighted by Gasteiger charge is -2.33. The van der Waals surface area contributed by atoms with Gasteiger partial charge in [0.1, 0.15) is 0 Å². The number of carbonyl (C=O) groups is 2. The van der Waals surface area contributed by atoms with E-state index >= 15 is 0 Å². The number of carbonyl (C=O) groups excluding carboxylic acids is 1. The molecule has 168 valence electrons. The lowest BCUT2D eigenvalue weighted by Crippen LogP contribution is -2.37. The highest BCUT2D eigenvalue weighted by Gasteiger charge is 2.24. The molecule has 3 rings (SSSR count). The van der Waals surface area contributed by atoms with Crippen molar-refractivity contribution in [1.82, 2.24) is 5.32 Å². The van der Waals surface area contributed by atoms with Gasteiger partial charge >= 0.3 is 5.97 Å². The van der Waals surface area contributed by atoms with Gasteiger partial charge in [0.25, 0.3) is 11.6 Å². The largest absolute Gasteiger partial charge is 0.478 e. The Balaban J connectivity index is 1.79. The highest BCUT2D eigenvalue weighted by Crippen LogP contribution is 2.29. The maximum absolute atomic E-state index is 13.0. The summed E-state index contributed by atoms with van der Waals surface area (Å²) in [5, 5.41) is 25.5. The molecule has 11 heteroatoms. The number of benzene rings is 2. The Morgan fingerprint density at radius 3 is 2.47 bits per heavy atom. The number of non-ortho nitro benzene ring substituents is 1. The number of nitro groups is 1. The maximum atomic E-state index is 13.0. The number of halogens is 1. The first kappa shape index (κ1) is 23.4. The molecule has 1 amide bonds. The van der Waals surface area contributed by atoms with Gasteiger partial charge in [-0.2, -0.15) is 0 Å². The minimum absolute atomic E-state index is 0.0110. The molecule has 0 radical (unpaired) electrons. The quantitative estimate of drug-likeness (QED) is 0.331. The summed E-state index contributed by atoms with van der Waals surface area (Å²) in [4.78, 5) is 36.8. The van der Waals surface area contributed by atoms with Gasteiger partial charge in [-0.1, -0.05) is 18.5 Å². The summed E-state index contributed by atoms with van der Waals surface area (Å²) in [7, 11) is 0. The molecule has 1 aliphatic heterocycles. The molecule has 0 saturated carbocycles. The van der Waals surface area contributed by atoms with E-state index in [4.69, 9.17) is 28.9 Å². The Kier molecular flexibility index (Phi) is 7.26. The zero-order valence-electron chi connectivity index (χ0n) is 17.1. The zero-order chi connectivity index (χ0) is 23.4. The third kappa shape index (κ3) is 5.51. The van der Waals surface area contributed by atoms with Crippen molar-refractivity contribution in [2.24, 2.45) is 5.92 Å². The van der Waals surface area contributed by atoms with E-state index < -0.39 is 16.8 Å². The Bertz CT molecular complexity index is 1090. The number of hydrogen-bond donors (Lipinski definition) is 3. The molecular weight excluding hydrogens is 456 g/mol. The van der Waals surface area contributed by atoms with Crippen LogP contribution in [0.15, 0.2) is 36.4 Å². The third-order valence-electron chi connectivity index (χ3n) is 5.24. The SMILES string of the molecule is CC1CCN(c2ccc([N+](=O)[O-])cc2C(=O)NC(=S)Nc2ccc(C(=O)O)c(Cl)c2)CC1. The van der Waals surface area contributed by atoms with Crippen LogP contribution in [0.1, 0.15) is 40.5 Å². The number of piperidine rings is 1. The molecule has 0 aromatic heterocycles. The Hall–Kier alpha value is -3.24. The van der Waals surface area contributed by atoms with E-state index in [-0.39, 0.29) is 26.9 Å². The first-order chi connectivity index (χ1) is 15.2. The summed E-state index contributed by atoms with van der Waals surface area (Å²) < 4.78 is 0. The first-order valence-electron chi connectivity index (χ1n) is 9.84. The van der Waals surface area contributed by atoms with Crippen molar-refractivity contribution in [2.75, 3.05) is 23.3 Å². The lowest BCUT2D eigenvalue weighted by molar-refractivity contribution is -0.384. The molecule has 1 saturated heterocycles. The molecule has 3 N–H and O–H groups in total. The first-order valence-corrected chi connectivity index (χ1v) is 10.6. The molecule has 9 nitrogen and oxygen atoms in total. The van der Waals surface area contributed by atoms with Crippen LogP contribution in [0.25, 0.3) is 0 Å². The van der Waals surface area contributed by atoms with Crippen molar-refractivity contribution in [2.45, 2.75) is 19.8 Å². The molecule has 0 atom stereocenters. The van der Waals surface area contributed by atoms with Crippen molar-refractivity contribution in [1.29, 1.82) is 0 Å². The van der Waals surface area contributed by atoms with Crippen molar-refractivity contribution in [3.8, 4) is 0 Å². The van der Waals surface area contributed by atoms with Crippen LogP contribution in [0, 0.1) is 16.0 Å². The van der Waals surface area contributed by atoms with Gasteiger partial charge in [-0.25, -0.2) is 4.79 Å². The molecule has 1 aliphatic rings. The Morgan fingerprint density at radius 2 is 1.88 bits per heavy atom. The molecule has 1 heterocycles. The van der Waals surface area contributed by atoms with E-state index in [2.05, 4.69) is 17.6 Å². The van der Waals surface area contributed by atoms with Gasteiger partial charge in [-0.05, 0) is 55.2 Å². The van der Waals surface area contributed by atoms with Gasteiger partial charge in [0.05, 0.1) is 26.8 Å². The monoisotopic (exact) mass is 476 g/mol. The predicted octanol–water partition coefficient (Wildman–Crippen LogP) is 4.31. The summed E-state index contributed by atoms with van der Waals surface area (Å²) in [5.74, 6) is -1.17. The summed E-state index contributed by atoms with van der Waals surface area (Å²) in [6.07, 6.45) is 1.93. The number of anilines is 2. The molecule has 1 fully saturated rings. The lowest BCUT2D eigenvalue weighted by atomic mass is 9.98. The standard InChI is InChI=1S/C21H21ClN4O5S/c1-12-6-8-25(9-7-12)18-5-3-14(26(30)31)11-16(18)19(27)24-21(32)23-13-2-4-15(20(28)29)17(22)10-13/h2-5,10-12H,6-9H2,1H3,(H,28,29)(H2,23,24,27,32). The summed E-state index contributed by atoms with van der Waals surface area (Å²) >= 11 is 11.1. The number of carboxylic acids is 1. The van der Waals surface area contributed by atoms with E-state index in [1.165, 1.54) is 30.3 Å². The minimum Gasteiger partial charge on any atom is -0.478 e. The van der Waals surface area contributed by atoms with E-state index in [1.807, 2.05) is 4.90 Å². The Labute approximate surface area is 194 Å². The van der Waals surface area contributed by atoms with Gasteiger partial charge in [-0.3, -0.25) is 20.2 Å². The van der Waals surface area contributed by atoms with Crippen LogP contribution in [0.3, 0.4) is 0 Å². The fourth-order valence-electron chi connectivity index (χ4n) is 3.44. The average Bonchev–Trinajstić information content (AvgIpc) is 2.73. The van der Waals surface area contributed by atoms with E-state index in [1.54, 1.807) is 6.07 Å². The van der Waals surface area contributed by atoms with Crippen molar-refractivity contribution in [3.63, 3.8) is 0 Å². The number of amides is 1. The van der Waals surface area contributed by atoms with Crippen LogP contribution < -0.4 is 15.5 Å². The molecule has 2 aromatic rings. The fourth-order valence-corrected chi connectivity index (χ4v) is 3.92. The van der Waals surface area contributed by atoms with Crippen LogP contribution in [0.4, 0.5) is 17.1 Å². The molecule has 0 aliphatic carbocycles. The number of nitrogens with one attached hydrogen (secondary N) is 2. The highest BCUT2D eigenvalue weighted by molar-refractivity contribution is 7.80. The number of nitrogens with zero attached hydrogens (tertiary/aromatic N) is 2. The molecule has 2 aromatic carbocycles. The number of thiocarbonyl (C=S) groups is 1. The van der Waals surface area contributed by atoms with Crippen LogP contribution in [0.2, 0.25) is 5.02 Å². The minimum atomic E-state index is -1.16. The second-order valence-corrected chi connectivity index (χ2v) is 8.35. The second kappa shape index (κ2) is 9.92. The summed E-state index contributed by atoms with van der Waals surface area (Å²) in [6, 6.07) is 8.35. The second-order valence-electron chi connectivity index (χ2n) is 7.54. The van der Waals surface area contributed by atoms with Crippen LogP contribution >= 0.6 is 23.8 Å². The number of aromatic carboxylic acids is 1. The van der Waals surface area contributed by atoms with E-state index in [0.29, 0.717) is 17.3 Å². The summed E-state index contributed by atoms with van der Waals surface area (Å²) in [6.45, 7) is 3.66. The topological polar surface area (TPSA) is 125 Å². The van der Waals surface area contributed by atoms with Crippen molar-refractivity contribution < 1.29 is 19.6 Å². The van der Waals surface area contributed by atoms with Crippen LogP contribution in [-0.4, -0.2) is 40.1 Å². The molecular formula is C21H21ClN4O5S.